The first kappa shape index (κ1) is 22.1. The monoisotopic (exact) mass is 401 g/mol. The molecule has 0 fully saturated rings. The normalized spacial score (nSPS) is 11.0. The van der Waals surface area contributed by atoms with Crippen molar-refractivity contribution in [1.82, 2.24) is 15.0 Å². The molecule has 158 valence electrons. The van der Waals surface area contributed by atoms with E-state index in [9.17, 15) is 0 Å². The van der Waals surface area contributed by atoms with Gasteiger partial charge in [0.25, 0.3) is 0 Å². The second-order valence-corrected chi connectivity index (χ2v) is 8.17. The second-order valence-electron chi connectivity index (χ2n) is 8.17. The van der Waals surface area contributed by atoms with Gasteiger partial charge < -0.3 is 0 Å². The van der Waals surface area contributed by atoms with Crippen molar-refractivity contribution in [3.8, 4) is 22.6 Å². The van der Waals surface area contributed by atoms with Gasteiger partial charge in [0.2, 0.25) is 0 Å². The van der Waals surface area contributed by atoms with Gasteiger partial charge in [-0.2, -0.15) is 0 Å². The Bertz CT molecular complexity index is 778. The lowest BCUT2D eigenvalue weighted by molar-refractivity contribution is 0.665. The second kappa shape index (κ2) is 12.2. The zero-order chi connectivity index (χ0) is 21.0. The lowest BCUT2D eigenvalue weighted by atomic mass is 10.0. The van der Waals surface area contributed by atoms with Crippen LogP contribution in [0.2, 0.25) is 0 Å². The average molecular weight is 402 g/mol. The van der Waals surface area contributed by atoms with Crippen molar-refractivity contribution < 1.29 is 0 Å². The molecule has 0 unspecified atom stereocenters. The van der Waals surface area contributed by atoms with E-state index in [2.05, 4.69) is 65.2 Å². The van der Waals surface area contributed by atoms with E-state index < -0.39 is 0 Å². The predicted octanol–water partition coefficient (Wildman–Crippen LogP) is 7.45. The summed E-state index contributed by atoms with van der Waals surface area (Å²) in [6.45, 7) is 4.49. The number of benzene rings is 1. The van der Waals surface area contributed by atoms with E-state index in [4.69, 9.17) is 0 Å². The first-order valence-corrected chi connectivity index (χ1v) is 11.7. The Morgan fingerprint density at radius 2 is 1.13 bits per heavy atom. The largest absolute Gasteiger partial charge is 0.255 e. The molecular weight excluding hydrogens is 366 g/mol. The summed E-state index contributed by atoms with van der Waals surface area (Å²) in [6.07, 6.45) is 18.3. The molecule has 0 saturated heterocycles. The molecule has 0 aliphatic heterocycles. The minimum Gasteiger partial charge on any atom is -0.255 e. The zero-order valence-corrected chi connectivity index (χ0v) is 18.6. The average Bonchev–Trinajstić information content (AvgIpc) is 2.81. The first-order chi connectivity index (χ1) is 14.8. The first-order valence-electron chi connectivity index (χ1n) is 11.7. The SMILES string of the molecule is CCCCCCc1ccc(-c2ccc(-c3ncc(CCCCCC)cn3)cn2)cc1. The fraction of sp³-hybridized carbons (Fsp3) is 0.444. The van der Waals surface area contributed by atoms with Gasteiger partial charge in [0.15, 0.2) is 5.82 Å². The minimum absolute atomic E-state index is 0.744. The van der Waals surface area contributed by atoms with E-state index >= 15 is 0 Å². The number of pyridine rings is 1. The highest BCUT2D eigenvalue weighted by molar-refractivity contribution is 5.63. The van der Waals surface area contributed by atoms with Gasteiger partial charge in [-0.25, -0.2) is 9.97 Å². The van der Waals surface area contributed by atoms with Crippen LogP contribution in [0.5, 0.6) is 0 Å². The number of nitrogens with zero attached hydrogens (tertiary/aromatic N) is 3. The number of aryl methyl sites for hydroxylation is 2. The van der Waals surface area contributed by atoms with Crippen molar-refractivity contribution in [2.24, 2.45) is 0 Å². The van der Waals surface area contributed by atoms with E-state index in [0.29, 0.717) is 0 Å². The van der Waals surface area contributed by atoms with Crippen molar-refractivity contribution in [2.45, 2.75) is 78.1 Å². The molecule has 0 amide bonds. The van der Waals surface area contributed by atoms with Gasteiger partial charge in [-0.3, -0.25) is 4.98 Å². The highest BCUT2D eigenvalue weighted by Crippen LogP contribution is 2.21. The Hall–Kier alpha value is -2.55. The summed E-state index contributed by atoms with van der Waals surface area (Å²) in [5.41, 5.74) is 5.73. The van der Waals surface area contributed by atoms with E-state index in [1.165, 1.54) is 68.9 Å². The molecule has 2 heterocycles. The molecule has 0 N–H and O–H groups in total. The molecular formula is C27H35N3. The Morgan fingerprint density at radius 3 is 1.70 bits per heavy atom. The van der Waals surface area contributed by atoms with Gasteiger partial charge in [0.05, 0.1) is 5.69 Å². The molecule has 0 atom stereocenters. The zero-order valence-electron chi connectivity index (χ0n) is 18.6. The van der Waals surface area contributed by atoms with Crippen LogP contribution in [0.1, 0.15) is 76.3 Å². The number of unbranched alkanes of at least 4 members (excludes halogenated alkanes) is 6. The van der Waals surface area contributed by atoms with Crippen LogP contribution < -0.4 is 0 Å². The fourth-order valence-electron chi connectivity index (χ4n) is 3.68. The van der Waals surface area contributed by atoms with Gasteiger partial charge in [0, 0.05) is 29.7 Å². The van der Waals surface area contributed by atoms with Gasteiger partial charge in [-0.1, -0.05) is 76.6 Å². The molecule has 30 heavy (non-hydrogen) atoms. The molecule has 3 heteroatoms. The van der Waals surface area contributed by atoms with E-state index in [1.54, 1.807) is 0 Å². The standard InChI is InChI=1S/C27H35N3/c1-3-5-7-9-11-22-13-15-24(16-14-22)26-18-17-25(21-28-26)27-29-19-23(20-30-27)12-10-8-6-4-2/h13-21H,3-12H2,1-2H3. The highest BCUT2D eigenvalue weighted by atomic mass is 14.9. The molecule has 0 saturated carbocycles. The Labute approximate surface area is 182 Å². The molecule has 3 nitrogen and oxygen atoms in total. The van der Waals surface area contributed by atoms with Crippen LogP contribution in [0.15, 0.2) is 55.0 Å². The maximum atomic E-state index is 4.65. The summed E-state index contributed by atoms with van der Waals surface area (Å²) in [5.74, 6) is 0.744. The van der Waals surface area contributed by atoms with Crippen LogP contribution in [0.4, 0.5) is 0 Å². The maximum Gasteiger partial charge on any atom is 0.160 e. The Morgan fingerprint density at radius 1 is 0.533 bits per heavy atom. The van der Waals surface area contributed by atoms with Crippen molar-refractivity contribution in [1.29, 1.82) is 0 Å². The van der Waals surface area contributed by atoms with Crippen LogP contribution in [-0.2, 0) is 12.8 Å². The summed E-state index contributed by atoms with van der Waals surface area (Å²) in [4.78, 5) is 13.8. The third kappa shape index (κ3) is 6.76. The molecule has 0 aliphatic rings. The summed E-state index contributed by atoms with van der Waals surface area (Å²) >= 11 is 0. The quantitative estimate of drug-likeness (QED) is 0.296. The Balaban J connectivity index is 1.56. The third-order valence-corrected chi connectivity index (χ3v) is 5.61. The molecule has 0 bridgehead atoms. The Kier molecular flexibility index (Phi) is 9.02. The maximum absolute atomic E-state index is 4.65. The fourth-order valence-corrected chi connectivity index (χ4v) is 3.68. The van der Waals surface area contributed by atoms with Crippen LogP contribution in [0.3, 0.4) is 0 Å². The molecule has 1 aromatic carbocycles. The van der Waals surface area contributed by atoms with Crippen LogP contribution in [0.25, 0.3) is 22.6 Å². The van der Waals surface area contributed by atoms with Gasteiger partial charge in [0.1, 0.15) is 0 Å². The van der Waals surface area contributed by atoms with Crippen LogP contribution in [-0.4, -0.2) is 15.0 Å². The third-order valence-electron chi connectivity index (χ3n) is 5.61. The number of hydrogen-bond donors (Lipinski definition) is 0. The van der Waals surface area contributed by atoms with Gasteiger partial charge >= 0.3 is 0 Å². The summed E-state index contributed by atoms with van der Waals surface area (Å²) in [6, 6.07) is 13.0. The molecule has 3 aromatic rings. The van der Waals surface area contributed by atoms with Crippen LogP contribution in [0, 0.1) is 0 Å². The number of hydrogen-bond acceptors (Lipinski definition) is 3. The summed E-state index contributed by atoms with van der Waals surface area (Å²) < 4.78 is 0. The molecule has 0 aliphatic carbocycles. The predicted molar refractivity (Wildman–Crippen MR) is 126 cm³/mol. The number of rotatable bonds is 12. The van der Waals surface area contributed by atoms with Crippen molar-refractivity contribution in [3.63, 3.8) is 0 Å². The topological polar surface area (TPSA) is 38.7 Å². The molecule has 2 aromatic heterocycles. The minimum atomic E-state index is 0.744. The van der Waals surface area contributed by atoms with E-state index in [-0.39, 0.29) is 0 Å². The lowest BCUT2D eigenvalue weighted by Crippen LogP contribution is -1.94. The molecule has 0 spiro atoms. The summed E-state index contributed by atoms with van der Waals surface area (Å²) in [7, 11) is 0. The highest BCUT2D eigenvalue weighted by Gasteiger charge is 2.05. The number of aromatic nitrogens is 3. The smallest absolute Gasteiger partial charge is 0.160 e. The van der Waals surface area contributed by atoms with E-state index in [0.717, 1.165) is 29.1 Å². The van der Waals surface area contributed by atoms with Crippen LogP contribution >= 0.6 is 0 Å². The van der Waals surface area contributed by atoms with Crippen molar-refractivity contribution >= 4 is 0 Å². The van der Waals surface area contributed by atoms with Gasteiger partial charge in [-0.05, 0) is 48.9 Å². The van der Waals surface area contributed by atoms with Gasteiger partial charge in [-0.15, -0.1) is 0 Å². The lowest BCUT2D eigenvalue weighted by Gasteiger charge is -2.06. The van der Waals surface area contributed by atoms with Crippen molar-refractivity contribution in [2.75, 3.05) is 0 Å². The summed E-state index contributed by atoms with van der Waals surface area (Å²) in [5, 5.41) is 0. The van der Waals surface area contributed by atoms with Crippen molar-refractivity contribution in [3.05, 3.63) is 66.1 Å². The molecule has 3 rings (SSSR count). The van der Waals surface area contributed by atoms with E-state index in [1.807, 2.05) is 18.6 Å². The molecule has 0 radical (unpaired) electrons.